The Bertz CT molecular complexity index is 872. The third kappa shape index (κ3) is 5.50. The lowest BCUT2D eigenvalue weighted by molar-refractivity contribution is -0.119. The van der Waals surface area contributed by atoms with Gasteiger partial charge >= 0.3 is 0 Å². The normalized spacial score (nSPS) is 15.6. The van der Waals surface area contributed by atoms with E-state index in [-0.39, 0.29) is 18.0 Å². The van der Waals surface area contributed by atoms with Gasteiger partial charge in [0, 0.05) is 11.3 Å². The van der Waals surface area contributed by atoms with E-state index in [2.05, 4.69) is 9.71 Å². The second-order valence-corrected chi connectivity index (χ2v) is 9.26. The monoisotopic (exact) mass is 409 g/mol. The minimum absolute atomic E-state index is 0.123. The molecule has 27 heavy (non-hydrogen) atoms. The number of nitrogens with two attached hydrogens (primary N) is 1. The number of hydrogen-bond donors (Lipinski definition) is 2. The van der Waals surface area contributed by atoms with Crippen molar-refractivity contribution in [1.29, 1.82) is 0 Å². The summed E-state index contributed by atoms with van der Waals surface area (Å²) in [4.78, 5) is 15.4. The number of benzene rings is 1. The molecule has 1 aromatic heterocycles. The van der Waals surface area contributed by atoms with Gasteiger partial charge in [-0.1, -0.05) is 19.3 Å². The van der Waals surface area contributed by atoms with E-state index in [4.69, 9.17) is 10.5 Å². The van der Waals surface area contributed by atoms with E-state index in [1.54, 1.807) is 0 Å². The first-order valence-electron chi connectivity index (χ1n) is 8.89. The second kappa shape index (κ2) is 8.81. The number of thiazole rings is 1. The number of aromatic nitrogens is 1. The van der Waals surface area contributed by atoms with Crippen LogP contribution >= 0.6 is 11.3 Å². The summed E-state index contributed by atoms with van der Waals surface area (Å²) >= 11 is 1.49. The van der Waals surface area contributed by atoms with Crippen LogP contribution in [0, 0.1) is 0 Å². The zero-order chi connectivity index (χ0) is 19.3. The molecular formula is C18H23N3O4S2. The zero-order valence-corrected chi connectivity index (χ0v) is 16.5. The summed E-state index contributed by atoms with van der Waals surface area (Å²) < 4.78 is 32.6. The molecule has 3 N–H and O–H groups in total. The van der Waals surface area contributed by atoms with Crippen LogP contribution in [0.25, 0.3) is 0 Å². The van der Waals surface area contributed by atoms with E-state index >= 15 is 0 Å². The van der Waals surface area contributed by atoms with Gasteiger partial charge in [0.05, 0.1) is 17.1 Å². The highest BCUT2D eigenvalue weighted by Crippen LogP contribution is 2.33. The van der Waals surface area contributed by atoms with Gasteiger partial charge in [-0.25, -0.2) is 18.1 Å². The summed E-state index contributed by atoms with van der Waals surface area (Å²) in [6, 6.07) is 5.83. The van der Waals surface area contributed by atoms with Crippen molar-refractivity contribution < 1.29 is 17.9 Å². The molecule has 0 atom stereocenters. The maximum Gasteiger partial charge on any atom is 0.255 e. The highest BCUT2D eigenvalue weighted by molar-refractivity contribution is 7.89. The molecule has 146 valence electrons. The number of carbonyl (C=O) groups excluding carboxylic acids is 1. The predicted molar refractivity (Wildman–Crippen MR) is 103 cm³/mol. The van der Waals surface area contributed by atoms with Crippen LogP contribution in [-0.4, -0.2) is 25.9 Å². The average molecular weight is 410 g/mol. The SMILES string of the molecule is NC(=O)COc1ccc(S(=O)(=O)NCc2nc(C3CCCCC3)cs2)cc1. The number of ether oxygens (including phenoxy) is 1. The Morgan fingerprint density at radius 2 is 1.93 bits per heavy atom. The predicted octanol–water partition coefficient (Wildman–Crippen LogP) is 2.53. The molecule has 7 nitrogen and oxygen atoms in total. The minimum atomic E-state index is -3.65. The van der Waals surface area contributed by atoms with Gasteiger partial charge in [-0.2, -0.15) is 0 Å². The van der Waals surface area contributed by atoms with Gasteiger partial charge in [-0.3, -0.25) is 4.79 Å². The third-order valence-electron chi connectivity index (χ3n) is 4.52. The fraction of sp³-hybridized carbons (Fsp3) is 0.444. The number of carbonyl (C=O) groups is 1. The Hall–Kier alpha value is -1.97. The first kappa shape index (κ1) is 19.8. The molecule has 3 rings (SSSR count). The molecule has 0 spiro atoms. The van der Waals surface area contributed by atoms with Gasteiger partial charge in [0.1, 0.15) is 10.8 Å². The number of rotatable bonds is 8. The average Bonchev–Trinajstić information content (AvgIpc) is 3.15. The van der Waals surface area contributed by atoms with Crippen molar-refractivity contribution in [1.82, 2.24) is 9.71 Å². The molecule has 1 heterocycles. The number of nitrogens with one attached hydrogen (secondary N) is 1. The van der Waals surface area contributed by atoms with Crippen LogP contribution in [-0.2, 0) is 21.4 Å². The third-order valence-corrected chi connectivity index (χ3v) is 6.81. The van der Waals surface area contributed by atoms with Crippen molar-refractivity contribution in [2.24, 2.45) is 5.73 Å². The molecule has 1 aliphatic rings. The molecule has 1 amide bonds. The maximum absolute atomic E-state index is 12.4. The molecule has 0 aliphatic heterocycles. The number of primary amides is 1. The lowest BCUT2D eigenvalue weighted by Crippen LogP contribution is -2.23. The van der Waals surface area contributed by atoms with Gasteiger partial charge in [-0.05, 0) is 37.1 Å². The van der Waals surface area contributed by atoms with Crippen LogP contribution in [0.4, 0.5) is 0 Å². The Labute approximate surface area is 163 Å². The maximum atomic E-state index is 12.4. The molecule has 0 unspecified atom stereocenters. The smallest absolute Gasteiger partial charge is 0.255 e. The van der Waals surface area contributed by atoms with Crippen LogP contribution in [0.5, 0.6) is 5.75 Å². The van der Waals surface area contributed by atoms with Gasteiger partial charge in [-0.15, -0.1) is 11.3 Å². The molecule has 1 saturated carbocycles. The van der Waals surface area contributed by atoms with E-state index in [1.807, 2.05) is 5.38 Å². The summed E-state index contributed by atoms with van der Waals surface area (Å²) in [6.07, 6.45) is 6.10. The molecule has 0 saturated heterocycles. The second-order valence-electron chi connectivity index (χ2n) is 6.55. The Morgan fingerprint density at radius 1 is 1.22 bits per heavy atom. The van der Waals surface area contributed by atoms with Crippen molar-refractivity contribution in [3.05, 3.63) is 40.3 Å². The zero-order valence-electron chi connectivity index (χ0n) is 14.9. The first-order valence-corrected chi connectivity index (χ1v) is 11.3. The molecule has 1 aliphatic carbocycles. The Balaban J connectivity index is 1.58. The number of hydrogen-bond acceptors (Lipinski definition) is 6. The number of nitrogens with zero attached hydrogens (tertiary/aromatic N) is 1. The van der Waals surface area contributed by atoms with Gasteiger partial charge in [0.2, 0.25) is 10.0 Å². The number of amides is 1. The highest BCUT2D eigenvalue weighted by Gasteiger charge is 2.19. The van der Waals surface area contributed by atoms with E-state index in [9.17, 15) is 13.2 Å². The standard InChI is InChI=1S/C18H23N3O4S2/c19-17(22)11-25-14-6-8-15(9-7-14)27(23,24)20-10-18-21-16(12-26-18)13-4-2-1-3-5-13/h6-9,12-13,20H,1-5,10-11H2,(H2,19,22). The molecule has 1 aromatic carbocycles. The van der Waals surface area contributed by atoms with Crippen molar-refractivity contribution >= 4 is 27.3 Å². The van der Waals surface area contributed by atoms with E-state index < -0.39 is 15.9 Å². The molecule has 9 heteroatoms. The van der Waals surface area contributed by atoms with Crippen molar-refractivity contribution in [2.75, 3.05) is 6.61 Å². The van der Waals surface area contributed by atoms with Gasteiger partial charge in [0.15, 0.2) is 6.61 Å². The largest absolute Gasteiger partial charge is 0.484 e. The fourth-order valence-electron chi connectivity index (χ4n) is 3.10. The Kier molecular flexibility index (Phi) is 6.46. The molecular weight excluding hydrogens is 386 g/mol. The van der Waals surface area contributed by atoms with Crippen LogP contribution in [0.2, 0.25) is 0 Å². The minimum Gasteiger partial charge on any atom is -0.484 e. The summed E-state index contributed by atoms with van der Waals surface area (Å²) in [5.74, 6) is 0.294. The quantitative estimate of drug-likeness (QED) is 0.696. The summed E-state index contributed by atoms with van der Waals surface area (Å²) in [6.45, 7) is -0.0859. The van der Waals surface area contributed by atoms with Crippen molar-refractivity contribution in [3.8, 4) is 5.75 Å². The lowest BCUT2D eigenvalue weighted by atomic mass is 9.87. The highest BCUT2D eigenvalue weighted by atomic mass is 32.2. The molecule has 0 bridgehead atoms. The molecule has 0 radical (unpaired) electrons. The molecule has 2 aromatic rings. The van der Waals surface area contributed by atoms with Gasteiger partial charge < -0.3 is 10.5 Å². The van der Waals surface area contributed by atoms with Crippen LogP contribution in [0.3, 0.4) is 0 Å². The molecule has 1 fully saturated rings. The van der Waals surface area contributed by atoms with Crippen molar-refractivity contribution in [3.63, 3.8) is 0 Å². The van der Waals surface area contributed by atoms with E-state index in [0.29, 0.717) is 11.7 Å². The topological polar surface area (TPSA) is 111 Å². The van der Waals surface area contributed by atoms with Crippen LogP contribution in [0.15, 0.2) is 34.5 Å². The summed E-state index contributed by atoms with van der Waals surface area (Å²) in [7, 11) is -3.65. The van der Waals surface area contributed by atoms with Crippen LogP contribution in [0.1, 0.15) is 48.7 Å². The van der Waals surface area contributed by atoms with Crippen LogP contribution < -0.4 is 15.2 Å². The lowest BCUT2D eigenvalue weighted by Gasteiger charge is -2.19. The van der Waals surface area contributed by atoms with Crippen molar-refractivity contribution in [2.45, 2.75) is 49.5 Å². The van der Waals surface area contributed by atoms with Gasteiger partial charge in [0.25, 0.3) is 5.91 Å². The van der Waals surface area contributed by atoms with E-state index in [0.717, 1.165) is 10.7 Å². The summed E-state index contributed by atoms with van der Waals surface area (Å²) in [5.41, 5.74) is 6.10. The summed E-state index contributed by atoms with van der Waals surface area (Å²) in [5, 5.41) is 2.81. The van der Waals surface area contributed by atoms with E-state index in [1.165, 1.54) is 67.7 Å². The Morgan fingerprint density at radius 3 is 2.59 bits per heavy atom. The first-order chi connectivity index (χ1) is 12.9. The fourth-order valence-corrected chi connectivity index (χ4v) is 5.00. The number of sulfonamides is 1.